The number of alkyl halides is 1. The molecule has 0 saturated heterocycles. The number of carboxylic acids is 1. The van der Waals surface area contributed by atoms with Crippen molar-refractivity contribution in [3.63, 3.8) is 0 Å². The van der Waals surface area contributed by atoms with E-state index in [1.165, 1.54) is 6.92 Å². The summed E-state index contributed by atoms with van der Waals surface area (Å²) in [6.07, 6.45) is -0.967. The molecule has 16 heavy (non-hydrogen) atoms. The number of aliphatic carboxylic acids is 1. The fourth-order valence-corrected chi connectivity index (χ4v) is 0.857. The monoisotopic (exact) mass is 234 g/mol. The van der Waals surface area contributed by atoms with Crippen LogP contribution >= 0.6 is 0 Å². The number of nitrogens with one attached hydrogen (secondary N) is 2. The van der Waals surface area contributed by atoms with Crippen molar-refractivity contribution in [3.8, 4) is 0 Å². The van der Waals surface area contributed by atoms with Crippen LogP contribution in [0.15, 0.2) is 0 Å². The molecule has 0 heterocycles. The van der Waals surface area contributed by atoms with E-state index in [1.807, 2.05) is 10.6 Å². The van der Waals surface area contributed by atoms with Crippen LogP contribution in [0.3, 0.4) is 0 Å². The Morgan fingerprint density at radius 3 is 2.19 bits per heavy atom. The normalized spacial score (nSPS) is 13.7. The molecule has 0 aromatic carbocycles. The molecule has 0 aliphatic carbocycles. The zero-order valence-corrected chi connectivity index (χ0v) is 9.12. The van der Waals surface area contributed by atoms with Gasteiger partial charge in [0.1, 0.15) is 6.04 Å². The summed E-state index contributed by atoms with van der Waals surface area (Å²) < 4.78 is 12.9. The summed E-state index contributed by atoms with van der Waals surface area (Å²) in [5.41, 5.74) is 0. The molecule has 2 unspecified atom stereocenters. The van der Waals surface area contributed by atoms with Gasteiger partial charge in [-0.05, 0) is 13.3 Å². The Labute approximate surface area is 92.2 Å². The van der Waals surface area contributed by atoms with Gasteiger partial charge in [0.25, 0.3) is 0 Å². The molecule has 0 radical (unpaired) electrons. The first kappa shape index (κ1) is 14.3. The molecule has 7 heteroatoms. The van der Waals surface area contributed by atoms with E-state index in [0.29, 0.717) is 6.42 Å². The molecule has 0 saturated carbocycles. The number of rotatable bonds is 5. The Morgan fingerprint density at radius 1 is 1.25 bits per heavy atom. The van der Waals surface area contributed by atoms with Gasteiger partial charge in [0.15, 0.2) is 6.30 Å². The van der Waals surface area contributed by atoms with Crippen LogP contribution in [0.5, 0.6) is 0 Å². The lowest BCUT2D eigenvalue weighted by molar-refractivity contribution is -0.144. The smallest absolute Gasteiger partial charge is 0.325 e. The topological polar surface area (TPSA) is 95.5 Å². The third kappa shape index (κ3) is 5.28. The minimum absolute atomic E-state index is 0.105. The maximum absolute atomic E-state index is 12.9. The van der Waals surface area contributed by atoms with Crippen LogP contribution in [-0.4, -0.2) is 35.2 Å². The average Bonchev–Trinajstić information content (AvgIpc) is 2.17. The Hall–Kier alpha value is -1.66. The van der Waals surface area contributed by atoms with Gasteiger partial charge < -0.3 is 15.7 Å². The summed E-state index contributed by atoms with van der Waals surface area (Å²) in [4.78, 5) is 32.4. The molecule has 2 amide bonds. The minimum atomic E-state index is -1.59. The van der Waals surface area contributed by atoms with Crippen molar-refractivity contribution in [2.24, 2.45) is 0 Å². The molecule has 0 aliphatic rings. The van der Waals surface area contributed by atoms with E-state index in [9.17, 15) is 18.8 Å². The van der Waals surface area contributed by atoms with Crippen LogP contribution in [0.2, 0.25) is 0 Å². The molecule has 0 rings (SSSR count). The molecule has 0 bridgehead atoms. The molecule has 2 atom stereocenters. The first-order chi connectivity index (χ1) is 7.38. The lowest BCUT2D eigenvalue weighted by atomic mass is 10.3. The highest BCUT2D eigenvalue weighted by Crippen LogP contribution is 1.96. The summed E-state index contributed by atoms with van der Waals surface area (Å²) >= 11 is 0. The van der Waals surface area contributed by atoms with E-state index in [4.69, 9.17) is 5.11 Å². The van der Waals surface area contributed by atoms with Crippen molar-refractivity contribution < 1.29 is 23.9 Å². The number of halogens is 1. The molecule has 0 fully saturated rings. The number of carbonyl (C=O) groups is 3. The molecular weight excluding hydrogens is 219 g/mol. The van der Waals surface area contributed by atoms with Gasteiger partial charge in [-0.1, -0.05) is 13.3 Å². The lowest BCUT2D eigenvalue weighted by Gasteiger charge is -2.11. The van der Waals surface area contributed by atoms with Gasteiger partial charge >= 0.3 is 17.8 Å². The van der Waals surface area contributed by atoms with Crippen molar-refractivity contribution in [1.82, 2.24) is 10.6 Å². The number of hydrogen-bond donors (Lipinski definition) is 3. The zero-order chi connectivity index (χ0) is 12.7. The Balaban J connectivity index is 4.09. The van der Waals surface area contributed by atoms with Crippen LogP contribution in [-0.2, 0) is 14.4 Å². The molecule has 0 aliphatic heterocycles. The van der Waals surface area contributed by atoms with E-state index in [0.717, 1.165) is 0 Å². The molecular formula is C9H15FN2O4. The van der Waals surface area contributed by atoms with E-state index < -0.39 is 30.1 Å². The van der Waals surface area contributed by atoms with Crippen LogP contribution in [0.25, 0.3) is 0 Å². The van der Waals surface area contributed by atoms with E-state index >= 15 is 0 Å². The second-order valence-electron chi connectivity index (χ2n) is 3.26. The minimum Gasteiger partial charge on any atom is -0.480 e. The highest BCUT2D eigenvalue weighted by atomic mass is 19.1. The fraction of sp³-hybridized carbons (Fsp3) is 0.667. The largest absolute Gasteiger partial charge is 0.480 e. The van der Waals surface area contributed by atoms with Crippen molar-refractivity contribution in [2.45, 2.75) is 39.0 Å². The number of carboxylic acid groups (broad SMARTS) is 1. The van der Waals surface area contributed by atoms with Gasteiger partial charge in [-0.3, -0.25) is 14.4 Å². The lowest BCUT2D eigenvalue weighted by Crippen LogP contribution is -2.48. The molecule has 3 N–H and O–H groups in total. The van der Waals surface area contributed by atoms with Crippen LogP contribution in [0.4, 0.5) is 4.39 Å². The predicted octanol–water partition coefficient (Wildman–Crippen LogP) is -0.212. The van der Waals surface area contributed by atoms with Crippen molar-refractivity contribution >= 4 is 17.8 Å². The summed E-state index contributed by atoms with van der Waals surface area (Å²) in [7, 11) is 0. The summed E-state index contributed by atoms with van der Waals surface area (Å²) in [5.74, 6) is -3.60. The van der Waals surface area contributed by atoms with Gasteiger partial charge in [-0.25, -0.2) is 4.39 Å². The van der Waals surface area contributed by atoms with E-state index in [1.54, 1.807) is 6.92 Å². The third-order valence-electron chi connectivity index (χ3n) is 1.75. The highest BCUT2D eigenvalue weighted by molar-refractivity contribution is 6.35. The molecule has 0 spiro atoms. The molecule has 6 nitrogen and oxygen atoms in total. The number of carbonyl (C=O) groups excluding carboxylic acids is 2. The summed E-state index contributed by atoms with van der Waals surface area (Å²) in [5, 5.41) is 12.2. The van der Waals surface area contributed by atoms with Gasteiger partial charge in [0.2, 0.25) is 0 Å². The SMILES string of the molecule is CCCC(F)NC(=O)C(=O)NC(C)C(=O)O. The second kappa shape index (κ2) is 6.76. The summed E-state index contributed by atoms with van der Waals surface area (Å²) in [6.45, 7) is 2.93. The highest BCUT2D eigenvalue weighted by Gasteiger charge is 2.21. The first-order valence-corrected chi connectivity index (χ1v) is 4.86. The van der Waals surface area contributed by atoms with Gasteiger partial charge in [-0.2, -0.15) is 0 Å². The number of hydrogen-bond acceptors (Lipinski definition) is 3. The van der Waals surface area contributed by atoms with E-state index in [-0.39, 0.29) is 6.42 Å². The standard InChI is InChI=1S/C9H15FN2O4/c1-3-4-6(10)12-8(14)7(13)11-5(2)9(15)16/h5-6H,3-4H2,1-2H3,(H,11,13)(H,12,14)(H,15,16). The van der Waals surface area contributed by atoms with Crippen molar-refractivity contribution in [2.75, 3.05) is 0 Å². The maximum atomic E-state index is 12.9. The van der Waals surface area contributed by atoms with Gasteiger partial charge in [0, 0.05) is 0 Å². The third-order valence-corrected chi connectivity index (χ3v) is 1.75. The Morgan fingerprint density at radius 2 is 1.75 bits per heavy atom. The number of amides is 2. The van der Waals surface area contributed by atoms with Crippen molar-refractivity contribution in [1.29, 1.82) is 0 Å². The average molecular weight is 234 g/mol. The predicted molar refractivity (Wildman–Crippen MR) is 53.2 cm³/mol. The Bertz CT molecular complexity index is 283. The quantitative estimate of drug-likeness (QED) is 0.453. The van der Waals surface area contributed by atoms with Crippen LogP contribution in [0.1, 0.15) is 26.7 Å². The first-order valence-electron chi connectivity index (χ1n) is 4.86. The van der Waals surface area contributed by atoms with Gasteiger partial charge in [-0.15, -0.1) is 0 Å². The van der Waals surface area contributed by atoms with Crippen LogP contribution < -0.4 is 10.6 Å². The molecule has 0 aromatic rings. The van der Waals surface area contributed by atoms with Crippen molar-refractivity contribution in [3.05, 3.63) is 0 Å². The summed E-state index contributed by atoms with van der Waals surface area (Å²) in [6, 6.07) is -1.19. The van der Waals surface area contributed by atoms with E-state index in [2.05, 4.69) is 0 Å². The molecule has 92 valence electrons. The van der Waals surface area contributed by atoms with Crippen LogP contribution in [0, 0.1) is 0 Å². The van der Waals surface area contributed by atoms with Gasteiger partial charge in [0.05, 0.1) is 0 Å². The second-order valence-corrected chi connectivity index (χ2v) is 3.26. The fourth-order valence-electron chi connectivity index (χ4n) is 0.857. The zero-order valence-electron chi connectivity index (χ0n) is 9.12. The molecule has 0 aromatic heterocycles. The Kier molecular flexibility index (Phi) is 6.06. The maximum Gasteiger partial charge on any atom is 0.325 e.